The van der Waals surface area contributed by atoms with E-state index in [0.717, 1.165) is 10.7 Å². The van der Waals surface area contributed by atoms with Gasteiger partial charge in [0.1, 0.15) is 0 Å². The summed E-state index contributed by atoms with van der Waals surface area (Å²) in [6.45, 7) is 6.53. The predicted octanol–water partition coefficient (Wildman–Crippen LogP) is 2.14. The number of carbonyl (C=O) groups excluding carboxylic acids is 1. The van der Waals surface area contributed by atoms with Gasteiger partial charge < -0.3 is 4.90 Å². The first-order valence-electron chi connectivity index (χ1n) is 7.38. The second kappa shape index (κ2) is 6.91. The number of hydrogen-bond acceptors (Lipinski definition) is 5. The van der Waals surface area contributed by atoms with Crippen molar-refractivity contribution in [1.82, 2.24) is 9.88 Å². The van der Waals surface area contributed by atoms with Crippen LogP contribution in [0.1, 0.15) is 31.0 Å². The van der Waals surface area contributed by atoms with Gasteiger partial charge in [-0.15, -0.1) is 11.3 Å². The van der Waals surface area contributed by atoms with Crippen LogP contribution in [0.25, 0.3) is 6.08 Å². The molecule has 0 aromatic carbocycles. The van der Waals surface area contributed by atoms with E-state index in [1.165, 1.54) is 17.4 Å². The molecule has 0 aliphatic carbocycles. The Balaban J connectivity index is 2.11. The van der Waals surface area contributed by atoms with Gasteiger partial charge in [-0.25, -0.2) is 13.4 Å². The van der Waals surface area contributed by atoms with Gasteiger partial charge in [0.25, 0.3) is 0 Å². The van der Waals surface area contributed by atoms with Crippen LogP contribution in [0.2, 0.25) is 0 Å². The SMILES string of the molecule is Cc1nc(/C=C/C(=O)N(CC(C)C)C2CCS(=O)(=O)C2)cs1. The first kappa shape index (κ1) is 17.1. The molecule has 5 nitrogen and oxygen atoms in total. The molecule has 1 atom stereocenters. The lowest BCUT2D eigenvalue weighted by Crippen LogP contribution is -2.42. The maximum atomic E-state index is 12.5. The van der Waals surface area contributed by atoms with E-state index in [0.29, 0.717) is 18.9 Å². The molecule has 2 rings (SSSR count). The predicted molar refractivity (Wildman–Crippen MR) is 89.5 cm³/mol. The maximum absolute atomic E-state index is 12.5. The number of hydrogen-bond donors (Lipinski definition) is 0. The van der Waals surface area contributed by atoms with Crippen molar-refractivity contribution in [3.05, 3.63) is 22.2 Å². The van der Waals surface area contributed by atoms with Crippen LogP contribution in [0, 0.1) is 12.8 Å². The molecule has 122 valence electrons. The number of amides is 1. The van der Waals surface area contributed by atoms with Crippen LogP contribution in [0.4, 0.5) is 0 Å². The molecule has 0 radical (unpaired) electrons. The third kappa shape index (κ3) is 4.64. The van der Waals surface area contributed by atoms with Gasteiger partial charge in [0.05, 0.1) is 22.2 Å². The number of thiazole rings is 1. The van der Waals surface area contributed by atoms with E-state index in [1.807, 2.05) is 26.2 Å². The zero-order chi connectivity index (χ0) is 16.3. The highest BCUT2D eigenvalue weighted by Crippen LogP contribution is 2.20. The van der Waals surface area contributed by atoms with E-state index < -0.39 is 9.84 Å². The fraction of sp³-hybridized carbons (Fsp3) is 0.600. The average Bonchev–Trinajstić information content (AvgIpc) is 2.98. The first-order valence-corrected chi connectivity index (χ1v) is 10.1. The molecule has 0 N–H and O–H groups in total. The molecular formula is C15H22N2O3S2. The van der Waals surface area contributed by atoms with Crippen molar-refractivity contribution in [3.8, 4) is 0 Å². The Morgan fingerprint density at radius 2 is 2.27 bits per heavy atom. The molecule has 1 aliphatic heterocycles. The number of sulfone groups is 1. The van der Waals surface area contributed by atoms with E-state index in [9.17, 15) is 13.2 Å². The molecule has 0 spiro atoms. The van der Waals surface area contributed by atoms with Gasteiger partial charge in [-0.05, 0) is 25.3 Å². The molecule has 1 aliphatic rings. The van der Waals surface area contributed by atoms with Gasteiger partial charge in [0.15, 0.2) is 9.84 Å². The first-order chi connectivity index (χ1) is 10.3. The van der Waals surface area contributed by atoms with E-state index in [2.05, 4.69) is 4.98 Å². The largest absolute Gasteiger partial charge is 0.335 e. The molecule has 7 heteroatoms. The van der Waals surface area contributed by atoms with E-state index in [1.54, 1.807) is 11.0 Å². The number of carbonyl (C=O) groups is 1. The summed E-state index contributed by atoms with van der Waals surface area (Å²) in [5.74, 6) is 0.410. The number of aryl methyl sites for hydroxylation is 1. The fourth-order valence-corrected chi connectivity index (χ4v) is 4.85. The Morgan fingerprint density at radius 3 is 2.77 bits per heavy atom. The van der Waals surface area contributed by atoms with Gasteiger partial charge in [0.2, 0.25) is 5.91 Å². The second-order valence-corrected chi connectivity index (χ2v) is 9.36. The van der Waals surface area contributed by atoms with E-state index in [4.69, 9.17) is 0 Å². The van der Waals surface area contributed by atoms with Crippen molar-refractivity contribution < 1.29 is 13.2 Å². The molecule has 1 aromatic rings. The summed E-state index contributed by atoms with van der Waals surface area (Å²) in [5, 5.41) is 2.85. The molecule has 1 fully saturated rings. The van der Waals surface area contributed by atoms with Crippen LogP contribution >= 0.6 is 11.3 Å². The Bertz CT molecular complexity index is 662. The quantitative estimate of drug-likeness (QED) is 0.769. The van der Waals surface area contributed by atoms with Crippen LogP contribution < -0.4 is 0 Å². The normalized spacial score (nSPS) is 20.8. The highest BCUT2D eigenvalue weighted by atomic mass is 32.2. The van der Waals surface area contributed by atoms with Crippen molar-refractivity contribution >= 4 is 33.2 Å². The van der Waals surface area contributed by atoms with Crippen molar-refractivity contribution in [3.63, 3.8) is 0 Å². The topological polar surface area (TPSA) is 67.3 Å². The van der Waals surface area contributed by atoms with Gasteiger partial charge in [-0.2, -0.15) is 0 Å². The van der Waals surface area contributed by atoms with Crippen LogP contribution in [0.15, 0.2) is 11.5 Å². The second-order valence-electron chi connectivity index (χ2n) is 6.07. The molecule has 1 saturated heterocycles. The van der Waals surface area contributed by atoms with Crippen molar-refractivity contribution in [1.29, 1.82) is 0 Å². The van der Waals surface area contributed by atoms with Gasteiger partial charge >= 0.3 is 0 Å². The number of rotatable bonds is 5. The Hall–Kier alpha value is -1.21. The highest BCUT2D eigenvalue weighted by molar-refractivity contribution is 7.91. The zero-order valence-electron chi connectivity index (χ0n) is 13.2. The summed E-state index contributed by atoms with van der Waals surface area (Å²) in [5.41, 5.74) is 0.763. The molecule has 1 amide bonds. The Labute approximate surface area is 136 Å². The van der Waals surface area contributed by atoms with E-state index >= 15 is 0 Å². The smallest absolute Gasteiger partial charge is 0.246 e. The monoisotopic (exact) mass is 342 g/mol. The van der Waals surface area contributed by atoms with Gasteiger partial charge in [-0.1, -0.05) is 13.8 Å². The van der Waals surface area contributed by atoms with Gasteiger partial charge in [0, 0.05) is 24.0 Å². The summed E-state index contributed by atoms with van der Waals surface area (Å²) in [6, 6.07) is -0.207. The lowest BCUT2D eigenvalue weighted by atomic mass is 10.1. The van der Waals surface area contributed by atoms with Crippen molar-refractivity contribution in [2.75, 3.05) is 18.1 Å². The van der Waals surface area contributed by atoms with E-state index in [-0.39, 0.29) is 23.5 Å². The lowest BCUT2D eigenvalue weighted by Gasteiger charge is -2.28. The van der Waals surface area contributed by atoms with Crippen LogP contribution in [0.3, 0.4) is 0 Å². The molecule has 1 unspecified atom stereocenters. The van der Waals surface area contributed by atoms with Crippen LogP contribution in [0.5, 0.6) is 0 Å². The van der Waals surface area contributed by atoms with Gasteiger partial charge in [-0.3, -0.25) is 4.79 Å². The molecule has 2 heterocycles. The third-order valence-corrected chi connectivity index (χ3v) is 6.07. The molecule has 0 saturated carbocycles. The summed E-state index contributed by atoms with van der Waals surface area (Å²) in [4.78, 5) is 18.5. The average molecular weight is 342 g/mol. The summed E-state index contributed by atoms with van der Waals surface area (Å²) in [6.07, 6.45) is 3.73. The Kier molecular flexibility index (Phi) is 5.39. The lowest BCUT2D eigenvalue weighted by molar-refractivity contribution is -0.128. The molecule has 0 bridgehead atoms. The molecular weight excluding hydrogens is 320 g/mol. The third-order valence-electron chi connectivity index (χ3n) is 3.53. The maximum Gasteiger partial charge on any atom is 0.246 e. The van der Waals surface area contributed by atoms with Crippen LogP contribution in [-0.2, 0) is 14.6 Å². The van der Waals surface area contributed by atoms with Crippen molar-refractivity contribution in [2.24, 2.45) is 5.92 Å². The molecule has 22 heavy (non-hydrogen) atoms. The standard InChI is InChI=1S/C15H22N2O3S2/c1-11(2)8-17(14-6-7-22(19,20)10-14)15(18)5-4-13-9-21-12(3)16-13/h4-5,9,11,14H,6-8,10H2,1-3H3/b5-4+. The highest BCUT2D eigenvalue weighted by Gasteiger charge is 2.34. The summed E-state index contributed by atoms with van der Waals surface area (Å²) >= 11 is 1.53. The summed E-state index contributed by atoms with van der Waals surface area (Å²) in [7, 11) is -3.00. The minimum Gasteiger partial charge on any atom is -0.335 e. The zero-order valence-corrected chi connectivity index (χ0v) is 14.8. The Morgan fingerprint density at radius 1 is 1.55 bits per heavy atom. The minimum atomic E-state index is -3.00. The minimum absolute atomic E-state index is 0.0785. The number of aromatic nitrogens is 1. The van der Waals surface area contributed by atoms with Crippen molar-refractivity contribution in [2.45, 2.75) is 33.2 Å². The number of nitrogens with zero attached hydrogens (tertiary/aromatic N) is 2. The molecule has 1 aromatic heterocycles. The summed E-state index contributed by atoms with van der Waals surface area (Å²) < 4.78 is 23.3. The fourth-order valence-electron chi connectivity index (χ4n) is 2.54. The van der Waals surface area contributed by atoms with Crippen LogP contribution in [-0.4, -0.2) is 48.3 Å².